The highest BCUT2D eigenvalue weighted by Crippen LogP contribution is 2.34. The number of carbonyl (C=O) groups excluding carboxylic acids is 1. The second-order valence-electron chi connectivity index (χ2n) is 5.16. The normalized spacial score (nSPS) is 10.6. The van der Waals surface area contributed by atoms with Crippen LogP contribution in [-0.4, -0.2) is 40.7 Å². The molecule has 0 saturated carbocycles. The van der Waals surface area contributed by atoms with E-state index in [1.165, 1.54) is 18.9 Å². The summed E-state index contributed by atoms with van der Waals surface area (Å²) in [5.74, 6) is 0.989. The molecular formula is C18H16ClN3O3S. The lowest BCUT2D eigenvalue weighted by Crippen LogP contribution is -2.06. The molecule has 1 aromatic heterocycles. The van der Waals surface area contributed by atoms with Gasteiger partial charge in [0.25, 0.3) is 0 Å². The Labute approximate surface area is 160 Å². The Morgan fingerprint density at radius 2 is 1.85 bits per heavy atom. The number of halogens is 1. The zero-order valence-corrected chi connectivity index (χ0v) is 15.8. The molecule has 0 unspecified atom stereocenters. The summed E-state index contributed by atoms with van der Waals surface area (Å²) >= 11 is 7.59. The second-order valence-corrected chi connectivity index (χ2v) is 6.51. The van der Waals surface area contributed by atoms with E-state index in [4.69, 9.17) is 21.1 Å². The monoisotopic (exact) mass is 389 g/mol. The molecule has 0 fully saturated rings. The molecular weight excluding hydrogens is 374 g/mol. The van der Waals surface area contributed by atoms with E-state index in [-0.39, 0.29) is 11.7 Å². The summed E-state index contributed by atoms with van der Waals surface area (Å²) in [6.45, 7) is 0. The number of esters is 1. The van der Waals surface area contributed by atoms with E-state index in [0.717, 1.165) is 11.3 Å². The molecule has 0 bridgehead atoms. The molecule has 2 aromatic carbocycles. The maximum Gasteiger partial charge on any atom is 0.316 e. The first kappa shape index (κ1) is 18.3. The van der Waals surface area contributed by atoms with Crippen LogP contribution in [0.1, 0.15) is 0 Å². The van der Waals surface area contributed by atoms with Gasteiger partial charge in [0.15, 0.2) is 11.0 Å². The van der Waals surface area contributed by atoms with Crippen molar-refractivity contribution in [3.05, 3.63) is 53.6 Å². The van der Waals surface area contributed by atoms with Gasteiger partial charge in [-0.25, -0.2) is 0 Å². The van der Waals surface area contributed by atoms with Gasteiger partial charge in [0, 0.05) is 5.56 Å². The van der Waals surface area contributed by atoms with Crippen LogP contribution in [0.3, 0.4) is 0 Å². The molecule has 134 valence electrons. The van der Waals surface area contributed by atoms with Gasteiger partial charge in [-0.15, -0.1) is 10.2 Å². The minimum absolute atomic E-state index is 0.117. The smallest absolute Gasteiger partial charge is 0.316 e. The number of hydrogen-bond acceptors (Lipinski definition) is 6. The Balaban J connectivity index is 2.16. The van der Waals surface area contributed by atoms with Gasteiger partial charge < -0.3 is 9.47 Å². The first-order valence-corrected chi connectivity index (χ1v) is 9.05. The van der Waals surface area contributed by atoms with Crippen LogP contribution < -0.4 is 4.74 Å². The fraction of sp³-hybridized carbons (Fsp3) is 0.167. The molecule has 3 aromatic rings. The minimum Gasteiger partial charge on any atom is -0.495 e. The van der Waals surface area contributed by atoms with Gasteiger partial charge in [0.1, 0.15) is 5.75 Å². The van der Waals surface area contributed by atoms with E-state index in [1.807, 2.05) is 47.0 Å². The van der Waals surface area contributed by atoms with E-state index >= 15 is 0 Å². The van der Waals surface area contributed by atoms with Gasteiger partial charge in [-0.05, 0) is 24.3 Å². The summed E-state index contributed by atoms with van der Waals surface area (Å²) in [7, 11) is 2.95. The van der Waals surface area contributed by atoms with Gasteiger partial charge in [0.2, 0.25) is 0 Å². The van der Waals surface area contributed by atoms with Gasteiger partial charge in [-0.3, -0.25) is 9.36 Å². The fourth-order valence-corrected chi connectivity index (χ4v) is 3.39. The van der Waals surface area contributed by atoms with Crippen molar-refractivity contribution in [3.8, 4) is 22.8 Å². The largest absolute Gasteiger partial charge is 0.495 e. The van der Waals surface area contributed by atoms with Crippen LogP contribution in [0, 0.1) is 0 Å². The zero-order valence-electron chi connectivity index (χ0n) is 14.2. The van der Waals surface area contributed by atoms with E-state index in [1.54, 1.807) is 13.2 Å². The number of nitrogens with zero attached hydrogens (tertiary/aromatic N) is 3. The number of benzene rings is 2. The highest BCUT2D eigenvalue weighted by Gasteiger charge is 2.21. The van der Waals surface area contributed by atoms with Crippen molar-refractivity contribution in [1.29, 1.82) is 0 Å². The Bertz CT molecular complexity index is 930. The molecule has 0 saturated heterocycles. The number of rotatable bonds is 6. The highest BCUT2D eigenvalue weighted by atomic mass is 35.5. The van der Waals surface area contributed by atoms with Crippen LogP contribution >= 0.6 is 23.4 Å². The van der Waals surface area contributed by atoms with Crippen LogP contribution in [0.25, 0.3) is 17.1 Å². The van der Waals surface area contributed by atoms with E-state index in [9.17, 15) is 4.79 Å². The SMILES string of the molecule is COC(=O)CSc1nnc(-c2ccccc2Cl)n1-c1ccccc1OC. The van der Waals surface area contributed by atoms with Crippen molar-refractivity contribution in [2.45, 2.75) is 5.16 Å². The highest BCUT2D eigenvalue weighted by molar-refractivity contribution is 7.99. The number of para-hydroxylation sites is 2. The summed E-state index contributed by atoms with van der Waals surface area (Å²) in [4.78, 5) is 11.5. The summed E-state index contributed by atoms with van der Waals surface area (Å²) < 4.78 is 12.0. The first-order valence-electron chi connectivity index (χ1n) is 7.69. The summed E-state index contributed by atoms with van der Waals surface area (Å²) in [5, 5.41) is 9.64. The average molecular weight is 390 g/mol. The van der Waals surface area contributed by atoms with Crippen molar-refractivity contribution in [2.24, 2.45) is 0 Å². The molecule has 6 nitrogen and oxygen atoms in total. The van der Waals surface area contributed by atoms with Gasteiger partial charge >= 0.3 is 5.97 Å². The zero-order chi connectivity index (χ0) is 18.5. The van der Waals surface area contributed by atoms with Gasteiger partial charge in [-0.1, -0.05) is 47.6 Å². The van der Waals surface area contributed by atoms with Crippen molar-refractivity contribution >= 4 is 29.3 Å². The Morgan fingerprint density at radius 3 is 2.58 bits per heavy atom. The van der Waals surface area contributed by atoms with Crippen LogP contribution in [0.15, 0.2) is 53.7 Å². The first-order chi connectivity index (χ1) is 12.7. The summed E-state index contributed by atoms with van der Waals surface area (Å²) in [5.41, 5.74) is 1.49. The third kappa shape index (κ3) is 3.68. The molecule has 0 spiro atoms. The fourth-order valence-electron chi connectivity index (χ4n) is 2.39. The van der Waals surface area contributed by atoms with Crippen LogP contribution in [0.4, 0.5) is 0 Å². The lowest BCUT2D eigenvalue weighted by molar-refractivity contribution is -0.137. The van der Waals surface area contributed by atoms with Crippen molar-refractivity contribution in [3.63, 3.8) is 0 Å². The van der Waals surface area contributed by atoms with E-state index in [0.29, 0.717) is 21.8 Å². The maximum absolute atomic E-state index is 11.5. The van der Waals surface area contributed by atoms with E-state index < -0.39 is 0 Å². The van der Waals surface area contributed by atoms with Gasteiger partial charge in [-0.2, -0.15) is 0 Å². The number of aromatic nitrogens is 3. The van der Waals surface area contributed by atoms with Gasteiger partial charge in [0.05, 0.1) is 30.7 Å². The quantitative estimate of drug-likeness (QED) is 0.471. The Kier molecular flexibility index (Phi) is 5.80. The molecule has 0 aliphatic carbocycles. The number of methoxy groups -OCH3 is 2. The third-order valence-corrected chi connectivity index (χ3v) is 4.85. The number of thioether (sulfide) groups is 1. The predicted molar refractivity (Wildman–Crippen MR) is 101 cm³/mol. The van der Waals surface area contributed by atoms with Crippen molar-refractivity contribution in [2.75, 3.05) is 20.0 Å². The number of carbonyl (C=O) groups is 1. The van der Waals surface area contributed by atoms with Crippen molar-refractivity contribution in [1.82, 2.24) is 14.8 Å². The molecule has 0 radical (unpaired) electrons. The Hall–Kier alpha value is -2.51. The predicted octanol–water partition coefficient (Wildman–Crippen LogP) is 3.86. The lowest BCUT2D eigenvalue weighted by atomic mass is 10.2. The summed E-state index contributed by atoms with van der Waals surface area (Å²) in [6, 6.07) is 14.9. The molecule has 8 heteroatoms. The molecule has 1 heterocycles. The second kappa shape index (κ2) is 8.25. The van der Waals surface area contributed by atoms with Crippen molar-refractivity contribution < 1.29 is 14.3 Å². The van der Waals surface area contributed by atoms with Crippen LogP contribution in [0.2, 0.25) is 5.02 Å². The number of ether oxygens (including phenoxy) is 2. The molecule has 0 aliphatic heterocycles. The Morgan fingerprint density at radius 1 is 1.12 bits per heavy atom. The molecule has 26 heavy (non-hydrogen) atoms. The third-order valence-electron chi connectivity index (χ3n) is 3.62. The molecule has 0 amide bonds. The van der Waals surface area contributed by atoms with Crippen LogP contribution in [-0.2, 0) is 9.53 Å². The molecule has 0 atom stereocenters. The standard InChI is InChI=1S/C18H16ClN3O3S/c1-24-15-10-6-5-9-14(15)22-17(12-7-3-4-8-13(12)19)20-21-18(22)26-11-16(23)25-2/h3-10H,11H2,1-2H3. The maximum atomic E-state index is 11.5. The average Bonchev–Trinajstić information content (AvgIpc) is 3.09. The number of hydrogen-bond donors (Lipinski definition) is 0. The molecule has 0 N–H and O–H groups in total. The van der Waals surface area contributed by atoms with E-state index in [2.05, 4.69) is 10.2 Å². The minimum atomic E-state index is -0.344. The molecule has 3 rings (SSSR count). The van der Waals surface area contributed by atoms with Crippen LogP contribution in [0.5, 0.6) is 5.75 Å². The topological polar surface area (TPSA) is 66.2 Å². The lowest BCUT2D eigenvalue weighted by Gasteiger charge is -2.14. The summed E-state index contributed by atoms with van der Waals surface area (Å²) in [6.07, 6.45) is 0. The molecule has 0 aliphatic rings.